The summed E-state index contributed by atoms with van der Waals surface area (Å²) in [6.07, 6.45) is 19.3. The third-order valence-electron chi connectivity index (χ3n) is 11.4. The molecule has 0 saturated carbocycles. The second-order valence-corrected chi connectivity index (χ2v) is 22.3. The van der Waals surface area contributed by atoms with Crippen molar-refractivity contribution in [2.24, 2.45) is 11.8 Å². The van der Waals surface area contributed by atoms with Crippen LogP contribution in [0.4, 0.5) is 0 Å². The highest BCUT2D eigenvalue weighted by Crippen LogP contribution is 2.53. The maximum Gasteiger partial charge on any atom is 0.0539 e. The van der Waals surface area contributed by atoms with Crippen molar-refractivity contribution in [2.45, 2.75) is 169 Å². The van der Waals surface area contributed by atoms with Gasteiger partial charge in [-0.05, 0) is 65.8 Å². The Balaban J connectivity index is 1.43. The lowest BCUT2D eigenvalue weighted by atomic mass is 9.75. The van der Waals surface area contributed by atoms with E-state index < -0.39 is 0 Å². The van der Waals surface area contributed by atoms with Gasteiger partial charge in [-0.3, -0.25) is 0 Å². The Hall–Kier alpha value is -1.24. The molecular weight excluding hydrogens is 713 g/mol. The van der Waals surface area contributed by atoms with Crippen molar-refractivity contribution in [3.05, 3.63) is 45.0 Å². The van der Waals surface area contributed by atoms with Gasteiger partial charge in [-0.25, -0.2) is 0 Å². The molecule has 3 atom stereocenters. The van der Waals surface area contributed by atoms with Crippen LogP contribution >= 0.6 is 56.7 Å². The minimum absolute atomic E-state index is 0.147. The quantitative estimate of drug-likeness (QED) is 0.0719. The highest BCUT2D eigenvalue weighted by Gasteiger charge is 2.30. The Morgan fingerprint density at radius 2 is 1.14 bits per heavy atom. The van der Waals surface area contributed by atoms with E-state index in [4.69, 9.17) is 0 Å². The number of thiophene rings is 5. The molecule has 0 radical (unpaired) electrons. The number of benzene rings is 1. The molecule has 5 heteroatoms. The predicted octanol–water partition coefficient (Wildman–Crippen LogP) is 18.6. The van der Waals surface area contributed by atoms with Crippen LogP contribution in [0.25, 0.3) is 49.4 Å². The summed E-state index contributed by atoms with van der Waals surface area (Å²) in [5.41, 5.74) is 0.147. The van der Waals surface area contributed by atoms with Gasteiger partial charge in [0.1, 0.15) is 0 Å². The van der Waals surface area contributed by atoms with E-state index in [2.05, 4.69) is 115 Å². The first-order valence-electron chi connectivity index (χ1n) is 20.5. The molecule has 6 rings (SSSR count). The molecule has 0 fully saturated rings. The van der Waals surface area contributed by atoms with Crippen molar-refractivity contribution >= 4 is 96.3 Å². The van der Waals surface area contributed by atoms with Gasteiger partial charge in [-0.1, -0.05) is 146 Å². The molecule has 0 aliphatic rings. The molecule has 0 aliphatic heterocycles. The summed E-state index contributed by atoms with van der Waals surface area (Å²) in [7, 11) is 0. The minimum Gasteiger partial charge on any atom is -0.139 e. The summed E-state index contributed by atoms with van der Waals surface area (Å²) in [6, 6.07) is 12.8. The van der Waals surface area contributed by atoms with Crippen LogP contribution in [0.3, 0.4) is 0 Å². The smallest absolute Gasteiger partial charge is 0.0539 e. The van der Waals surface area contributed by atoms with Gasteiger partial charge in [-0.2, -0.15) is 0 Å². The molecule has 278 valence electrons. The molecule has 5 heterocycles. The highest BCUT2D eigenvalue weighted by molar-refractivity contribution is 7.34. The Morgan fingerprint density at radius 1 is 0.529 bits per heavy atom. The lowest BCUT2D eigenvalue weighted by Crippen LogP contribution is -2.19. The van der Waals surface area contributed by atoms with Crippen molar-refractivity contribution in [3.63, 3.8) is 0 Å². The zero-order valence-corrected chi connectivity index (χ0v) is 37.2. The predicted molar refractivity (Wildman–Crippen MR) is 241 cm³/mol. The third kappa shape index (κ3) is 8.85. The second-order valence-electron chi connectivity index (χ2n) is 16.9. The normalized spacial score (nSPS) is 14.6. The number of fused-ring (bicyclic) bond motifs is 7. The van der Waals surface area contributed by atoms with Crippen LogP contribution in [0.5, 0.6) is 0 Å². The van der Waals surface area contributed by atoms with E-state index in [1.54, 1.807) is 9.58 Å². The van der Waals surface area contributed by atoms with Gasteiger partial charge in [0.2, 0.25) is 0 Å². The topological polar surface area (TPSA) is 0 Å². The lowest BCUT2D eigenvalue weighted by Gasteiger charge is -2.31. The molecule has 3 unspecified atom stereocenters. The fourth-order valence-corrected chi connectivity index (χ4v) is 14.9. The number of hydrogen-bond acceptors (Lipinski definition) is 5. The van der Waals surface area contributed by atoms with E-state index >= 15 is 0 Å². The summed E-state index contributed by atoms with van der Waals surface area (Å²) >= 11 is 10.3. The first-order valence-corrected chi connectivity index (χ1v) is 24.6. The van der Waals surface area contributed by atoms with Gasteiger partial charge >= 0.3 is 0 Å². The summed E-state index contributed by atoms with van der Waals surface area (Å²) in [5, 5.41) is 4.53. The van der Waals surface area contributed by atoms with Gasteiger partial charge < -0.3 is 0 Å². The van der Waals surface area contributed by atoms with Crippen LogP contribution in [0.1, 0.15) is 179 Å². The molecule has 0 nitrogen and oxygen atoms in total. The van der Waals surface area contributed by atoms with Gasteiger partial charge in [0.05, 0.1) is 9.40 Å². The first-order chi connectivity index (χ1) is 24.5. The summed E-state index contributed by atoms with van der Waals surface area (Å²) in [5.74, 6) is 2.73. The Kier molecular flexibility index (Phi) is 13.5. The second kappa shape index (κ2) is 17.5. The molecule has 0 saturated heterocycles. The van der Waals surface area contributed by atoms with E-state index in [-0.39, 0.29) is 5.41 Å². The number of hydrogen-bond donors (Lipinski definition) is 0. The fraction of sp³-hybridized carbons (Fsp3) is 0.609. The van der Waals surface area contributed by atoms with E-state index in [1.165, 1.54) is 144 Å². The first kappa shape index (κ1) is 39.5. The monoisotopic (exact) mass is 776 g/mol. The zero-order valence-electron chi connectivity index (χ0n) is 33.1. The lowest BCUT2D eigenvalue weighted by molar-refractivity contribution is 0.279. The molecule has 51 heavy (non-hydrogen) atoms. The van der Waals surface area contributed by atoms with Gasteiger partial charge in [0, 0.05) is 54.6 Å². The maximum absolute atomic E-state index is 2.71. The SMILES string of the molecule is CCCCCCCCC(C)C(c1cc2c3cc(-c4cc5sc(C(C)C)cc5s4)sc3c3sc(C(C)(C)C)cc3c2s1)C(CC)CCCCCCC. The van der Waals surface area contributed by atoms with Crippen LogP contribution in [0.15, 0.2) is 30.3 Å². The van der Waals surface area contributed by atoms with Crippen LogP contribution in [-0.4, -0.2) is 0 Å². The number of rotatable bonds is 19. The van der Waals surface area contributed by atoms with E-state index in [0.717, 1.165) is 11.8 Å². The van der Waals surface area contributed by atoms with E-state index in [1.807, 2.05) is 34.0 Å². The molecular formula is C46H64S5. The standard InChI is InChI=1S/C46H64S5/c1-10-13-15-17-19-20-22-30(6)42(31(12-3)23-21-18-16-14-11-2)40-25-32-33-24-36(38-28-39-37(48-38)27-35(47-39)29(4)5)49-44(33)45-34(43(32)50-40)26-41(51-45)46(7,8)9/h24-31,42H,10-23H2,1-9H3. The Bertz CT molecular complexity index is 1960. The molecule has 0 bridgehead atoms. The van der Waals surface area contributed by atoms with Gasteiger partial charge in [0.25, 0.3) is 0 Å². The van der Waals surface area contributed by atoms with Gasteiger partial charge in [-0.15, -0.1) is 56.7 Å². The van der Waals surface area contributed by atoms with Crippen LogP contribution < -0.4 is 0 Å². The van der Waals surface area contributed by atoms with Crippen molar-refractivity contribution in [1.29, 1.82) is 0 Å². The molecule has 0 N–H and O–H groups in total. The molecule has 0 aliphatic carbocycles. The zero-order chi connectivity index (χ0) is 36.3. The van der Waals surface area contributed by atoms with Crippen molar-refractivity contribution < 1.29 is 0 Å². The van der Waals surface area contributed by atoms with Crippen LogP contribution in [-0.2, 0) is 5.41 Å². The van der Waals surface area contributed by atoms with Crippen molar-refractivity contribution in [3.8, 4) is 9.75 Å². The average molecular weight is 777 g/mol. The summed E-state index contributed by atoms with van der Waals surface area (Å²) in [6.45, 7) is 21.6. The fourth-order valence-electron chi connectivity index (χ4n) is 8.27. The number of unbranched alkanes of at least 4 members (excludes halogenated alkanes) is 9. The third-order valence-corrected chi connectivity index (χ3v) is 18.3. The molecule has 6 aromatic rings. The van der Waals surface area contributed by atoms with Crippen molar-refractivity contribution in [2.75, 3.05) is 0 Å². The van der Waals surface area contributed by atoms with Crippen molar-refractivity contribution in [1.82, 2.24) is 0 Å². The summed E-state index contributed by atoms with van der Waals surface area (Å²) < 4.78 is 7.49. The molecule has 5 aromatic heterocycles. The van der Waals surface area contributed by atoms with Crippen LogP contribution in [0, 0.1) is 11.8 Å². The Morgan fingerprint density at radius 3 is 1.78 bits per heavy atom. The van der Waals surface area contributed by atoms with E-state index in [9.17, 15) is 0 Å². The average Bonchev–Trinajstić information content (AvgIpc) is 3.91. The maximum atomic E-state index is 2.71. The Labute approximate surface area is 330 Å². The molecule has 0 spiro atoms. The summed E-state index contributed by atoms with van der Waals surface area (Å²) in [4.78, 5) is 7.58. The van der Waals surface area contributed by atoms with E-state index in [0.29, 0.717) is 11.8 Å². The molecule has 0 amide bonds. The van der Waals surface area contributed by atoms with Crippen LogP contribution in [0.2, 0.25) is 0 Å². The minimum atomic E-state index is 0.147. The molecule has 1 aromatic carbocycles. The highest BCUT2D eigenvalue weighted by atomic mass is 32.1. The largest absolute Gasteiger partial charge is 0.139 e. The van der Waals surface area contributed by atoms with Gasteiger partial charge in [0.15, 0.2) is 0 Å².